The molecule has 4 heteroatoms. The SMILES string of the molecule is O=C(O)C1(Cc2cccc(F)c2F)CCCCCCC1. The fourth-order valence-electron chi connectivity index (χ4n) is 3.10. The number of halogens is 2. The summed E-state index contributed by atoms with van der Waals surface area (Å²) >= 11 is 0. The van der Waals surface area contributed by atoms with E-state index >= 15 is 0 Å². The first kappa shape index (κ1) is 14.9. The predicted molar refractivity (Wildman–Crippen MR) is 72.4 cm³/mol. The molecule has 2 nitrogen and oxygen atoms in total. The van der Waals surface area contributed by atoms with E-state index in [1.165, 1.54) is 12.1 Å². The molecule has 1 aromatic rings. The molecule has 110 valence electrons. The second-order valence-electron chi connectivity index (χ2n) is 5.74. The van der Waals surface area contributed by atoms with Crippen molar-refractivity contribution >= 4 is 5.97 Å². The van der Waals surface area contributed by atoms with Gasteiger partial charge in [0.2, 0.25) is 0 Å². The second-order valence-corrected chi connectivity index (χ2v) is 5.74. The summed E-state index contributed by atoms with van der Waals surface area (Å²) in [6.45, 7) is 0. The van der Waals surface area contributed by atoms with Crippen LogP contribution in [0.15, 0.2) is 18.2 Å². The summed E-state index contributed by atoms with van der Waals surface area (Å²) in [6.07, 6.45) is 5.99. The normalized spacial score (nSPS) is 19.1. The van der Waals surface area contributed by atoms with E-state index in [2.05, 4.69) is 0 Å². The molecule has 0 bridgehead atoms. The molecule has 0 amide bonds. The highest BCUT2D eigenvalue weighted by atomic mass is 19.2. The Hall–Kier alpha value is -1.45. The maximum absolute atomic E-state index is 13.8. The predicted octanol–water partition coefficient (Wildman–Crippen LogP) is 4.32. The number of rotatable bonds is 3. The highest BCUT2D eigenvalue weighted by Gasteiger charge is 2.39. The van der Waals surface area contributed by atoms with Gasteiger partial charge in [0.15, 0.2) is 11.6 Å². The number of carboxylic acids is 1. The third-order valence-electron chi connectivity index (χ3n) is 4.32. The van der Waals surface area contributed by atoms with Crippen molar-refractivity contribution in [3.8, 4) is 0 Å². The number of hydrogen-bond donors (Lipinski definition) is 1. The van der Waals surface area contributed by atoms with Gasteiger partial charge in [-0.15, -0.1) is 0 Å². The smallest absolute Gasteiger partial charge is 0.309 e. The summed E-state index contributed by atoms with van der Waals surface area (Å²) in [5.74, 6) is -2.70. The van der Waals surface area contributed by atoms with Crippen molar-refractivity contribution in [2.75, 3.05) is 0 Å². The minimum absolute atomic E-state index is 0.0753. The van der Waals surface area contributed by atoms with Gasteiger partial charge in [0.1, 0.15) is 0 Å². The van der Waals surface area contributed by atoms with Gasteiger partial charge >= 0.3 is 5.97 Å². The Labute approximate surface area is 117 Å². The van der Waals surface area contributed by atoms with Gasteiger partial charge in [0, 0.05) is 0 Å². The Morgan fingerprint density at radius 1 is 1.10 bits per heavy atom. The van der Waals surface area contributed by atoms with Crippen LogP contribution in [0.3, 0.4) is 0 Å². The van der Waals surface area contributed by atoms with Gasteiger partial charge in [-0.3, -0.25) is 4.79 Å². The molecular weight excluding hydrogens is 262 g/mol. The van der Waals surface area contributed by atoms with Crippen molar-refractivity contribution in [2.24, 2.45) is 5.41 Å². The lowest BCUT2D eigenvalue weighted by Crippen LogP contribution is -2.34. The standard InChI is InChI=1S/C16H20F2O2/c17-13-8-6-7-12(14(13)18)11-16(15(19)20)9-4-2-1-3-5-10-16/h6-8H,1-5,9-11H2,(H,19,20). The number of carboxylic acid groups (broad SMARTS) is 1. The van der Waals surface area contributed by atoms with Crippen molar-refractivity contribution in [2.45, 2.75) is 51.4 Å². The molecule has 0 aliphatic heterocycles. The van der Waals surface area contributed by atoms with Crippen LogP contribution in [0, 0.1) is 17.0 Å². The van der Waals surface area contributed by atoms with Gasteiger partial charge in [0.05, 0.1) is 5.41 Å². The van der Waals surface area contributed by atoms with Crippen LogP contribution >= 0.6 is 0 Å². The molecule has 0 spiro atoms. The molecule has 0 unspecified atom stereocenters. The van der Waals surface area contributed by atoms with E-state index in [4.69, 9.17) is 0 Å². The molecule has 1 aliphatic carbocycles. The Bertz CT molecular complexity index is 477. The van der Waals surface area contributed by atoms with E-state index in [1.807, 2.05) is 0 Å². The molecule has 1 aromatic carbocycles. The summed E-state index contributed by atoms with van der Waals surface area (Å²) < 4.78 is 27.1. The number of carbonyl (C=O) groups is 1. The van der Waals surface area contributed by atoms with Gasteiger partial charge in [-0.25, -0.2) is 8.78 Å². The zero-order valence-corrected chi connectivity index (χ0v) is 11.5. The summed E-state index contributed by atoms with van der Waals surface area (Å²) in [4.78, 5) is 11.7. The molecule has 0 radical (unpaired) electrons. The van der Waals surface area contributed by atoms with Crippen LogP contribution in [0.5, 0.6) is 0 Å². The minimum Gasteiger partial charge on any atom is -0.481 e. The van der Waals surface area contributed by atoms with Crippen molar-refractivity contribution < 1.29 is 18.7 Å². The monoisotopic (exact) mass is 282 g/mol. The molecule has 0 saturated heterocycles. The van der Waals surface area contributed by atoms with Crippen LogP contribution in [0.2, 0.25) is 0 Å². The maximum Gasteiger partial charge on any atom is 0.309 e. The minimum atomic E-state index is -0.949. The van der Waals surface area contributed by atoms with E-state index in [-0.39, 0.29) is 12.0 Å². The Kier molecular flexibility index (Phi) is 4.73. The van der Waals surface area contributed by atoms with Crippen LogP contribution < -0.4 is 0 Å². The highest BCUT2D eigenvalue weighted by molar-refractivity contribution is 5.75. The molecule has 1 N–H and O–H groups in total. The van der Waals surface area contributed by atoms with Crippen LogP contribution in [-0.4, -0.2) is 11.1 Å². The van der Waals surface area contributed by atoms with Crippen molar-refractivity contribution in [3.05, 3.63) is 35.4 Å². The third-order valence-corrected chi connectivity index (χ3v) is 4.32. The molecule has 0 aromatic heterocycles. The highest BCUT2D eigenvalue weighted by Crippen LogP contribution is 2.38. The van der Waals surface area contributed by atoms with Crippen LogP contribution in [-0.2, 0) is 11.2 Å². The molecule has 20 heavy (non-hydrogen) atoms. The van der Waals surface area contributed by atoms with E-state index < -0.39 is 23.0 Å². The molecule has 1 saturated carbocycles. The summed E-state index contributed by atoms with van der Waals surface area (Å²) in [7, 11) is 0. The topological polar surface area (TPSA) is 37.3 Å². The molecule has 2 rings (SSSR count). The first-order chi connectivity index (χ1) is 9.55. The summed E-state index contributed by atoms with van der Waals surface area (Å²) in [5.41, 5.74) is -0.775. The Morgan fingerprint density at radius 3 is 2.30 bits per heavy atom. The molecule has 0 atom stereocenters. The molecule has 1 fully saturated rings. The first-order valence-electron chi connectivity index (χ1n) is 7.21. The van der Waals surface area contributed by atoms with Crippen LogP contribution in [0.25, 0.3) is 0 Å². The molecular formula is C16H20F2O2. The zero-order valence-electron chi connectivity index (χ0n) is 11.5. The summed E-state index contributed by atoms with van der Waals surface area (Å²) in [5, 5.41) is 9.61. The lowest BCUT2D eigenvalue weighted by molar-refractivity contribution is -0.150. The largest absolute Gasteiger partial charge is 0.481 e. The lowest BCUT2D eigenvalue weighted by atomic mass is 9.72. The van der Waals surface area contributed by atoms with E-state index in [9.17, 15) is 18.7 Å². The fourth-order valence-corrected chi connectivity index (χ4v) is 3.10. The Morgan fingerprint density at radius 2 is 1.70 bits per heavy atom. The zero-order chi connectivity index (χ0) is 14.6. The quantitative estimate of drug-likeness (QED) is 0.896. The summed E-state index contributed by atoms with van der Waals surface area (Å²) in [6, 6.07) is 3.98. The van der Waals surface area contributed by atoms with Gasteiger partial charge in [-0.05, 0) is 30.9 Å². The van der Waals surface area contributed by atoms with Crippen molar-refractivity contribution in [3.63, 3.8) is 0 Å². The number of aliphatic carboxylic acids is 1. The third kappa shape index (κ3) is 3.17. The van der Waals surface area contributed by atoms with Crippen LogP contribution in [0.1, 0.15) is 50.5 Å². The molecule has 1 aliphatic rings. The van der Waals surface area contributed by atoms with Gasteiger partial charge in [0.25, 0.3) is 0 Å². The van der Waals surface area contributed by atoms with Crippen molar-refractivity contribution in [1.29, 1.82) is 0 Å². The van der Waals surface area contributed by atoms with E-state index in [0.29, 0.717) is 12.8 Å². The second kappa shape index (κ2) is 6.33. The maximum atomic E-state index is 13.8. The fraction of sp³-hybridized carbons (Fsp3) is 0.562. The van der Waals surface area contributed by atoms with Gasteiger partial charge < -0.3 is 5.11 Å². The Balaban J connectivity index is 2.27. The number of hydrogen-bond acceptors (Lipinski definition) is 1. The average Bonchev–Trinajstić information content (AvgIpc) is 2.37. The van der Waals surface area contributed by atoms with E-state index in [0.717, 1.165) is 38.2 Å². The first-order valence-corrected chi connectivity index (χ1v) is 7.21. The van der Waals surface area contributed by atoms with Gasteiger partial charge in [-0.2, -0.15) is 0 Å². The number of benzene rings is 1. The van der Waals surface area contributed by atoms with E-state index in [1.54, 1.807) is 0 Å². The van der Waals surface area contributed by atoms with Gasteiger partial charge in [-0.1, -0.05) is 44.2 Å². The molecule has 0 heterocycles. The average molecular weight is 282 g/mol. The lowest BCUT2D eigenvalue weighted by Gasteiger charge is -2.31. The van der Waals surface area contributed by atoms with Crippen molar-refractivity contribution in [1.82, 2.24) is 0 Å². The van der Waals surface area contributed by atoms with Crippen LogP contribution in [0.4, 0.5) is 8.78 Å².